The van der Waals surface area contributed by atoms with Gasteiger partial charge in [0.05, 0.1) is 6.26 Å². The molecule has 0 aliphatic carbocycles. The fourth-order valence-corrected chi connectivity index (χ4v) is 2.48. The van der Waals surface area contributed by atoms with Crippen LogP contribution in [0.1, 0.15) is 17.2 Å². The van der Waals surface area contributed by atoms with Crippen LogP contribution in [0.2, 0.25) is 0 Å². The monoisotopic (exact) mass is 320 g/mol. The van der Waals surface area contributed by atoms with E-state index in [9.17, 15) is 9.50 Å². The third kappa shape index (κ3) is 2.17. The Morgan fingerprint density at radius 1 is 1.11 bits per heavy atom. The van der Waals surface area contributed by atoms with E-state index in [4.69, 9.17) is 4.42 Å². The Morgan fingerprint density at radius 2 is 1.89 bits per heavy atom. The first kappa shape index (κ1) is 12.4. The summed E-state index contributed by atoms with van der Waals surface area (Å²) in [5.41, 5.74) is 1.46. The van der Waals surface area contributed by atoms with Gasteiger partial charge in [-0.2, -0.15) is 0 Å². The van der Waals surface area contributed by atoms with Gasteiger partial charge in [-0.1, -0.05) is 34.1 Å². The lowest BCUT2D eigenvalue weighted by Crippen LogP contribution is -2.01. The van der Waals surface area contributed by atoms with E-state index >= 15 is 0 Å². The van der Waals surface area contributed by atoms with E-state index in [-0.39, 0.29) is 5.56 Å². The lowest BCUT2D eigenvalue weighted by atomic mass is 10.0. The molecule has 4 heteroatoms. The lowest BCUT2D eigenvalue weighted by molar-refractivity contribution is 0.215. The Kier molecular flexibility index (Phi) is 3.12. The van der Waals surface area contributed by atoms with Gasteiger partial charge in [0.2, 0.25) is 0 Å². The van der Waals surface area contributed by atoms with Crippen LogP contribution in [0, 0.1) is 5.82 Å². The minimum absolute atomic E-state index is 0.223. The minimum Gasteiger partial charge on any atom is -0.464 e. The molecule has 19 heavy (non-hydrogen) atoms. The number of hydrogen-bond acceptors (Lipinski definition) is 2. The molecule has 0 spiro atoms. The van der Waals surface area contributed by atoms with Gasteiger partial charge in [-0.15, -0.1) is 0 Å². The Balaban J connectivity index is 2.13. The molecular weight excluding hydrogens is 311 g/mol. The number of aliphatic hydroxyl groups is 1. The molecule has 0 amide bonds. The van der Waals surface area contributed by atoms with Crippen LogP contribution in [0.3, 0.4) is 0 Å². The summed E-state index contributed by atoms with van der Waals surface area (Å²) in [6.07, 6.45) is 0.413. The van der Waals surface area contributed by atoms with Crippen LogP contribution in [-0.4, -0.2) is 5.11 Å². The number of fused-ring (bicyclic) bond motifs is 1. The van der Waals surface area contributed by atoms with Crippen molar-refractivity contribution in [1.29, 1.82) is 0 Å². The summed E-state index contributed by atoms with van der Waals surface area (Å²) in [5.74, 6) is -0.444. The molecule has 0 saturated heterocycles. The van der Waals surface area contributed by atoms with Gasteiger partial charge in [0.15, 0.2) is 0 Å². The summed E-state index contributed by atoms with van der Waals surface area (Å²) >= 11 is 3.28. The van der Waals surface area contributed by atoms with Crippen LogP contribution in [0.15, 0.2) is 57.6 Å². The van der Waals surface area contributed by atoms with Crippen molar-refractivity contribution in [2.45, 2.75) is 6.10 Å². The van der Waals surface area contributed by atoms with Crippen molar-refractivity contribution < 1.29 is 13.9 Å². The van der Waals surface area contributed by atoms with Crippen LogP contribution < -0.4 is 0 Å². The van der Waals surface area contributed by atoms with Crippen LogP contribution >= 0.6 is 15.9 Å². The van der Waals surface area contributed by atoms with Gasteiger partial charge in [-0.3, -0.25) is 0 Å². The highest BCUT2D eigenvalue weighted by Crippen LogP contribution is 2.32. The molecule has 1 heterocycles. The molecule has 3 rings (SSSR count). The summed E-state index contributed by atoms with van der Waals surface area (Å²) in [6.45, 7) is 0. The minimum atomic E-state index is -1.05. The Labute approximate surface area is 117 Å². The maximum atomic E-state index is 13.8. The second-order valence-electron chi connectivity index (χ2n) is 4.26. The highest BCUT2D eigenvalue weighted by atomic mass is 79.9. The van der Waals surface area contributed by atoms with Crippen molar-refractivity contribution in [3.05, 3.63) is 70.1 Å². The van der Waals surface area contributed by atoms with E-state index in [1.807, 2.05) is 24.3 Å². The Morgan fingerprint density at radius 3 is 2.74 bits per heavy atom. The van der Waals surface area contributed by atoms with Crippen molar-refractivity contribution in [2.75, 3.05) is 0 Å². The predicted octanol–water partition coefficient (Wildman–Crippen LogP) is 4.42. The van der Waals surface area contributed by atoms with E-state index in [1.54, 1.807) is 12.1 Å². The van der Waals surface area contributed by atoms with E-state index in [0.29, 0.717) is 11.1 Å². The van der Waals surface area contributed by atoms with E-state index < -0.39 is 11.9 Å². The molecule has 1 unspecified atom stereocenters. The van der Waals surface area contributed by atoms with Crippen molar-refractivity contribution >= 4 is 26.9 Å². The first-order chi connectivity index (χ1) is 9.16. The third-order valence-corrected chi connectivity index (χ3v) is 3.55. The quantitative estimate of drug-likeness (QED) is 0.758. The van der Waals surface area contributed by atoms with E-state index in [2.05, 4.69) is 15.9 Å². The topological polar surface area (TPSA) is 33.4 Å². The van der Waals surface area contributed by atoms with Crippen molar-refractivity contribution in [3.63, 3.8) is 0 Å². The number of para-hydroxylation sites is 1. The van der Waals surface area contributed by atoms with Gasteiger partial charge in [0.25, 0.3) is 0 Å². The second kappa shape index (κ2) is 4.79. The van der Waals surface area contributed by atoms with E-state index in [0.717, 1.165) is 9.86 Å². The zero-order valence-electron chi connectivity index (χ0n) is 9.81. The summed E-state index contributed by atoms with van der Waals surface area (Å²) in [4.78, 5) is 0. The molecular formula is C15H10BrFO2. The van der Waals surface area contributed by atoms with Crippen LogP contribution in [0.25, 0.3) is 11.0 Å². The largest absolute Gasteiger partial charge is 0.464 e. The van der Waals surface area contributed by atoms with Gasteiger partial charge < -0.3 is 9.52 Å². The molecule has 1 N–H and O–H groups in total. The average molecular weight is 321 g/mol. The number of rotatable bonds is 2. The van der Waals surface area contributed by atoms with Gasteiger partial charge in [-0.25, -0.2) is 4.39 Å². The molecule has 0 fully saturated rings. The van der Waals surface area contributed by atoms with Gasteiger partial charge in [0, 0.05) is 21.0 Å². The van der Waals surface area contributed by atoms with E-state index in [1.165, 1.54) is 12.3 Å². The maximum absolute atomic E-state index is 13.8. The molecule has 3 aromatic rings. The first-order valence-corrected chi connectivity index (χ1v) is 6.55. The summed E-state index contributed by atoms with van der Waals surface area (Å²) < 4.78 is 19.9. The Bertz CT molecular complexity index is 736. The molecule has 1 atom stereocenters. The molecule has 0 radical (unpaired) electrons. The molecule has 0 saturated carbocycles. The second-order valence-corrected chi connectivity index (χ2v) is 5.17. The van der Waals surface area contributed by atoms with Crippen LogP contribution in [0.4, 0.5) is 4.39 Å². The van der Waals surface area contributed by atoms with Crippen molar-refractivity contribution in [3.8, 4) is 0 Å². The Hall–Kier alpha value is -1.65. The number of furan rings is 1. The first-order valence-electron chi connectivity index (χ1n) is 5.76. The SMILES string of the molecule is OC(c1cc(Br)ccc1F)c1coc2ccccc12. The number of hydrogen-bond donors (Lipinski definition) is 1. The number of benzene rings is 2. The molecule has 2 nitrogen and oxygen atoms in total. The van der Waals surface area contributed by atoms with Crippen molar-refractivity contribution in [1.82, 2.24) is 0 Å². The highest BCUT2D eigenvalue weighted by molar-refractivity contribution is 9.10. The molecule has 0 aliphatic rings. The highest BCUT2D eigenvalue weighted by Gasteiger charge is 2.19. The fourth-order valence-electron chi connectivity index (χ4n) is 2.10. The maximum Gasteiger partial charge on any atom is 0.134 e. The summed E-state index contributed by atoms with van der Waals surface area (Å²) in [6, 6.07) is 11.8. The standard InChI is InChI=1S/C15H10BrFO2/c16-9-5-6-13(17)11(7-9)15(18)12-8-19-14-4-2-1-3-10(12)14/h1-8,15,18H. The average Bonchev–Trinajstić information content (AvgIpc) is 2.84. The summed E-state index contributed by atoms with van der Waals surface area (Å²) in [7, 11) is 0. The van der Waals surface area contributed by atoms with Crippen LogP contribution in [-0.2, 0) is 0 Å². The molecule has 0 bridgehead atoms. The van der Waals surface area contributed by atoms with Gasteiger partial charge in [-0.05, 0) is 24.3 Å². The smallest absolute Gasteiger partial charge is 0.134 e. The number of halogens is 2. The van der Waals surface area contributed by atoms with Crippen molar-refractivity contribution in [2.24, 2.45) is 0 Å². The van der Waals surface area contributed by atoms with Gasteiger partial charge >= 0.3 is 0 Å². The number of aliphatic hydroxyl groups excluding tert-OH is 1. The fraction of sp³-hybridized carbons (Fsp3) is 0.0667. The zero-order valence-corrected chi connectivity index (χ0v) is 11.4. The normalized spacial score (nSPS) is 12.8. The molecule has 0 aliphatic heterocycles. The van der Waals surface area contributed by atoms with Gasteiger partial charge in [0.1, 0.15) is 17.5 Å². The predicted molar refractivity (Wildman–Crippen MR) is 74.4 cm³/mol. The molecule has 2 aromatic carbocycles. The molecule has 96 valence electrons. The summed E-state index contributed by atoms with van der Waals surface area (Å²) in [5, 5.41) is 11.1. The van der Waals surface area contributed by atoms with Crippen LogP contribution in [0.5, 0.6) is 0 Å². The molecule has 1 aromatic heterocycles. The zero-order chi connectivity index (χ0) is 13.4. The third-order valence-electron chi connectivity index (χ3n) is 3.06. The lowest BCUT2D eigenvalue weighted by Gasteiger charge is -2.11.